The van der Waals surface area contributed by atoms with Gasteiger partial charge in [0.1, 0.15) is 18.8 Å². The van der Waals surface area contributed by atoms with Crippen molar-refractivity contribution in [3.8, 4) is 23.8 Å². The highest BCUT2D eigenvalue weighted by Crippen LogP contribution is 2.37. The average Bonchev–Trinajstić information content (AvgIpc) is 3.05. The Morgan fingerprint density at radius 3 is 2.76 bits per heavy atom. The van der Waals surface area contributed by atoms with Gasteiger partial charge in [-0.3, -0.25) is 9.59 Å². The Labute approximate surface area is 200 Å². The number of benzene rings is 2. The lowest BCUT2D eigenvalue weighted by molar-refractivity contribution is -0.127. The maximum absolute atomic E-state index is 12.8. The molecular formula is C24H22BrN3O5. The molecule has 0 aromatic heterocycles. The molecule has 1 fully saturated rings. The van der Waals surface area contributed by atoms with Gasteiger partial charge in [-0.2, -0.15) is 0 Å². The lowest BCUT2D eigenvalue weighted by Gasteiger charge is -2.14. The van der Waals surface area contributed by atoms with Crippen molar-refractivity contribution in [2.24, 2.45) is 0 Å². The van der Waals surface area contributed by atoms with Crippen molar-refractivity contribution in [2.45, 2.75) is 13.3 Å². The molecule has 1 aliphatic rings. The lowest BCUT2D eigenvalue weighted by Crippen LogP contribution is -2.38. The van der Waals surface area contributed by atoms with Crippen molar-refractivity contribution in [3.63, 3.8) is 0 Å². The van der Waals surface area contributed by atoms with Gasteiger partial charge >= 0.3 is 6.03 Å². The zero-order valence-corrected chi connectivity index (χ0v) is 19.7. The zero-order valence-electron chi connectivity index (χ0n) is 18.1. The first-order valence-corrected chi connectivity index (χ1v) is 10.8. The number of amides is 4. The van der Waals surface area contributed by atoms with Crippen molar-refractivity contribution in [3.05, 3.63) is 57.7 Å². The topological polar surface area (TPSA) is 97.0 Å². The number of nitrogens with one attached hydrogen (secondary N) is 2. The molecule has 0 radical (unpaired) electrons. The number of methoxy groups -OCH3 is 1. The molecule has 0 atom stereocenters. The largest absolute Gasteiger partial charge is 0.493 e. The number of rotatable bonds is 8. The molecule has 0 unspecified atom stereocenters. The van der Waals surface area contributed by atoms with E-state index in [-0.39, 0.29) is 12.3 Å². The molecule has 1 aliphatic heterocycles. The maximum Gasteiger partial charge on any atom is 0.329 e. The van der Waals surface area contributed by atoms with Gasteiger partial charge in [-0.15, -0.1) is 6.42 Å². The number of terminal acetylenes is 1. The molecule has 0 aliphatic carbocycles. The third-order valence-corrected chi connectivity index (χ3v) is 5.39. The number of imide groups is 1. The van der Waals surface area contributed by atoms with Gasteiger partial charge in [-0.05, 0) is 57.8 Å². The van der Waals surface area contributed by atoms with Crippen LogP contribution in [-0.4, -0.2) is 43.0 Å². The number of hydrogen-bond acceptors (Lipinski definition) is 5. The van der Waals surface area contributed by atoms with Crippen LogP contribution >= 0.6 is 15.9 Å². The Kier molecular flexibility index (Phi) is 7.74. The first-order valence-electron chi connectivity index (χ1n) is 10.0. The van der Waals surface area contributed by atoms with E-state index in [1.165, 1.54) is 13.2 Å². The highest BCUT2D eigenvalue weighted by Gasteiger charge is 2.35. The smallest absolute Gasteiger partial charge is 0.329 e. The van der Waals surface area contributed by atoms with E-state index in [2.05, 4.69) is 32.5 Å². The molecule has 33 heavy (non-hydrogen) atoms. The minimum absolute atomic E-state index is 0.0352. The fourth-order valence-electron chi connectivity index (χ4n) is 3.24. The monoisotopic (exact) mass is 511 g/mol. The summed E-state index contributed by atoms with van der Waals surface area (Å²) in [4.78, 5) is 38.5. The quantitative estimate of drug-likeness (QED) is 0.320. The highest BCUT2D eigenvalue weighted by atomic mass is 79.9. The molecular weight excluding hydrogens is 490 g/mol. The fourth-order valence-corrected chi connectivity index (χ4v) is 3.82. The molecule has 170 valence electrons. The van der Waals surface area contributed by atoms with Gasteiger partial charge in [0.25, 0.3) is 5.91 Å². The first-order chi connectivity index (χ1) is 15.9. The predicted molar refractivity (Wildman–Crippen MR) is 128 cm³/mol. The van der Waals surface area contributed by atoms with Crippen LogP contribution in [0.25, 0.3) is 6.08 Å². The van der Waals surface area contributed by atoms with Gasteiger partial charge in [0.2, 0.25) is 5.91 Å². The van der Waals surface area contributed by atoms with E-state index in [1.807, 2.05) is 19.1 Å². The minimum Gasteiger partial charge on any atom is -0.493 e. The number of urea groups is 1. The van der Waals surface area contributed by atoms with Crippen LogP contribution in [0.5, 0.6) is 11.5 Å². The Bertz CT molecular complexity index is 1170. The number of halogens is 1. The summed E-state index contributed by atoms with van der Waals surface area (Å²) < 4.78 is 11.4. The second-order valence-corrected chi connectivity index (χ2v) is 7.82. The van der Waals surface area contributed by atoms with Gasteiger partial charge in [0, 0.05) is 5.69 Å². The lowest BCUT2D eigenvalue weighted by atomic mass is 10.1. The van der Waals surface area contributed by atoms with Gasteiger partial charge in [-0.25, -0.2) is 9.69 Å². The molecule has 2 N–H and O–H groups in total. The number of carbonyl (C=O) groups excluding carboxylic acids is 3. The zero-order chi connectivity index (χ0) is 24.0. The molecule has 2 aromatic rings. The van der Waals surface area contributed by atoms with Crippen LogP contribution in [0.4, 0.5) is 10.5 Å². The minimum atomic E-state index is -0.676. The highest BCUT2D eigenvalue weighted by molar-refractivity contribution is 9.10. The molecule has 2 aromatic carbocycles. The SMILES string of the molecule is C#CCOc1c(Br)cc(/C=C2/NC(=O)N(CC(=O)Nc3ccccc3CC)C2=O)cc1OC. The summed E-state index contributed by atoms with van der Waals surface area (Å²) >= 11 is 3.39. The normalized spacial score (nSPS) is 14.1. The summed E-state index contributed by atoms with van der Waals surface area (Å²) in [7, 11) is 1.47. The molecule has 1 heterocycles. The summed E-state index contributed by atoms with van der Waals surface area (Å²) in [6, 6.07) is 10.0. The van der Waals surface area contributed by atoms with E-state index in [4.69, 9.17) is 15.9 Å². The van der Waals surface area contributed by atoms with Crippen molar-refractivity contribution >= 4 is 45.5 Å². The van der Waals surface area contributed by atoms with Crippen LogP contribution < -0.4 is 20.1 Å². The van der Waals surface area contributed by atoms with E-state index in [0.717, 1.165) is 16.9 Å². The third kappa shape index (κ3) is 5.54. The van der Waals surface area contributed by atoms with Crippen molar-refractivity contribution in [2.75, 3.05) is 25.6 Å². The van der Waals surface area contributed by atoms with Gasteiger partial charge in [0.05, 0.1) is 11.6 Å². The third-order valence-electron chi connectivity index (χ3n) is 4.80. The van der Waals surface area contributed by atoms with Gasteiger partial charge < -0.3 is 20.1 Å². The molecule has 4 amide bonds. The van der Waals surface area contributed by atoms with Crippen LogP contribution in [0.2, 0.25) is 0 Å². The number of anilines is 1. The molecule has 0 bridgehead atoms. The second kappa shape index (κ2) is 10.7. The standard InChI is InChI=1S/C24H22BrN3O5/c1-4-10-33-22-17(25)11-15(13-20(22)32-3)12-19-23(30)28(24(31)27-19)14-21(29)26-18-9-7-6-8-16(18)5-2/h1,6-9,11-13H,5,10,14H2,2-3H3,(H,26,29)(H,27,31)/b19-12+. The molecule has 9 heteroatoms. The van der Waals surface area contributed by atoms with E-state index in [1.54, 1.807) is 24.3 Å². The summed E-state index contributed by atoms with van der Waals surface area (Å²) in [5, 5.41) is 5.26. The summed E-state index contributed by atoms with van der Waals surface area (Å²) in [6.07, 6.45) is 7.46. The summed E-state index contributed by atoms with van der Waals surface area (Å²) in [5.74, 6) is 2.12. The van der Waals surface area contributed by atoms with E-state index < -0.39 is 24.4 Å². The number of ether oxygens (including phenoxy) is 2. The van der Waals surface area contributed by atoms with Crippen molar-refractivity contribution in [1.29, 1.82) is 0 Å². The molecule has 0 spiro atoms. The predicted octanol–water partition coefficient (Wildman–Crippen LogP) is 3.56. The molecule has 8 nitrogen and oxygen atoms in total. The van der Waals surface area contributed by atoms with Crippen molar-refractivity contribution < 1.29 is 23.9 Å². The number of para-hydroxylation sites is 1. The summed E-state index contributed by atoms with van der Waals surface area (Å²) in [6.45, 7) is 1.62. The van der Waals surface area contributed by atoms with Crippen LogP contribution in [-0.2, 0) is 16.0 Å². The fraction of sp³-hybridized carbons (Fsp3) is 0.208. The maximum atomic E-state index is 12.8. The number of hydrogen-bond donors (Lipinski definition) is 2. The van der Waals surface area contributed by atoms with Crippen LogP contribution in [0.3, 0.4) is 0 Å². The van der Waals surface area contributed by atoms with E-state index in [0.29, 0.717) is 27.2 Å². The number of aryl methyl sites for hydroxylation is 1. The van der Waals surface area contributed by atoms with E-state index in [9.17, 15) is 14.4 Å². The van der Waals surface area contributed by atoms with E-state index >= 15 is 0 Å². The molecule has 0 saturated carbocycles. The number of carbonyl (C=O) groups is 3. The molecule has 1 saturated heterocycles. The first kappa shape index (κ1) is 23.9. The van der Waals surface area contributed by atoms with Crippen LogP contribution in [0, 0.1) is 12.3 Å². The second-order valence-electron chi connectivity index (χ2n) is 6.97. The van der Waals surface area contributed by atoms with Crippen molar-refractivity contribution in [1.82, 2.24) is 10.2 Å². The Morgan fingerprint density at radius 2 is 2.06 bits per heavy atom. The van der Waals surface area contributed by atoms with Gasteiger partial charge in [0.15, 0.2) is 11.5 Å². The number of nitrogens with zero attached hydrogens (tertiary/aromatic N) is 1. The Morgan fingerprint density at radius 1 is 1.30 bits per heavy atom. The molecule has 3 rings (SSSR count). The van der Waals surface area contributed by atoms with Gasteiger partial charge in [-0.1, -0.05) is 31.0 Å². The Hall–Kier alpha value is -3.77. The van der Waals surface area contributed by atoms with Crippen LogP contribution in [0.1, 0.15) is 18.1 Å². The van der Waals surface area contributed by atoms with Crippen LogP contribution in [0.15, 0.2) is 46.6 Å². The average molecular weight is 512 g/mol. The summed E-state index contributed by atoms with van der Waals surface area (Å²) in [5.41, 5.74) is 2.21. The Balaban J connectivity index is 1.76.